The minimum atomic E-state index is 0.367. The second-order valence-corrected chi connectivity index (χ2v) is 7.65. The molecule has 0 fully saturated rings. The predicted octanol–water partition coefficient (Wildman–Crippen LogP) is 6.41. The summed E-state index contributed by atoms with van der Waals surface area (Å²) in [6.45, 7) is 7.61. The molecule has 1 aliphatic carbocycles. The number of hydrogen-bond donors (Lipinski definition) is 1. The zero-order chi connectivity index (χ0) is 15.6. The van der Waals surface area contributed by atoms with Crippen molar-refractivity contribution in [3.8, 4) is 0 Å². The Morgan fingerprint density at radius 2 is 1.38 bits per heavy atom. The van der Waals surface area contributed by atoms with Gasteiger partial charge in [0.15, 0.2) is 0 Å². The summed E-state index contributed by atoms with van der Waals surface area (Å²) in [7, 11) is 0. The Labute approximate surface area is 133 Å². The highest BCUT2D eigenvalue weighted by Crippen LogP contribution is 2.42. The minimum absolute atomic E-state index is 0.367. The lowest BCUT2D eigenvalue weighted by Gasteiger charge is -2.34. The molecule has 1 rings (SSSR count). The van der Waals surface area contributed by atoms with Crippen LogP contribution in [0.5, 0.6) is 0 Å². The van der Waals surface area contributed by atoms with E-state index in [4.69, 9.17) is 5.11 Å². The molecule has 0 amide bonds. The summed E-state index contributed by atoms with van der Waals surface area (Å²) in [6.07, 6.45) is 17.3. The first-order valence-electron chi connectivity index (χ1n) is 9.38. The highest BCUT2D eigenvalue weighted by molar-refractivity contribution is 5.22. The van der Waals surface area contributed by atoms with Gasteiger partial charge >= 0.3 is 0 Å². The van der Waals surface area contributed by atoms with Crippen LogP contribution in [0.2, 0.25) is 0 Å². The average Bonchev–Trinajstić information content (AvgIpc) is 2.43. The van der Waals surface area contributed by atoms with Gasteiger partial charge in [0, 0.05) is 6.61 Å². The molecule has 0 saturated carbocycles. The van der Waals surface area contributed by atoms with Gasteiger partial charge in [-0.15, -0.1) is 0 Å². The van der Waals surface area contributed by atoms with E-state index in [1.807, 2.05) is 0 Å². The van der Waals surface area contributed by atoms with Crippen molar-refractivity contribution in [3.63, 3.8) is 0 Å². The molecule has 1 heteroatoms. The van der Waals surface area contributed by atoms with Crippen molar-refractivity contribution in [2.24, 2.45) is 5.41 Å². The summed E-state index contributed by atoms with van der Waals surface area (Å²) in [5, 5.41) is 8.73. The van der Waals surface area contributed by atoms with Crippen LogP contribution in [0.15, 0.2) is 11.1 Å². The number of unbranched alkanes of at least 4 members (excludes halogenated alkanes) is 8. The van der Waals surface area contributed by atoms with E-state index >= 15 is 0 Å². The lowest BCUT2D eigenvalue weighted by Crippen LogP contribution is -2.20. The standard InChI is InChI=1S/C20H38O/c1-18-14-13-16-20(2,3)19(18)15-11-9-7-5-4-6-8-10-12-17-21/h21H,4-17H2,1-3H3. The Morgan fingerprint density at radius 3 is 1.90 bits per heavy atom. The first-order valence-corrected chi connectivity index (χ1v) is 9.38. The van der Waals surface area contributed by atoms with Crippen molar-refractivity contribution in [1.82, 2.24) is 0 Å². The quantitative estimate of drug-likeness (QED) is 0.345. The van der Waals surface area contributed by atoms with Gasteiger partial charge in [-0.25, -0.2) is 0 Å². The van der Waals surface area contributed by atoms with Gasteiger partial charge in [-0.05, 0) is 50.9 Å². The van der Waals surface area contributed by atoms with Crippen LogP contribution in [0.25, 0.3) is 0 Å². The van der Waals surface area contributed by atoms with Gasteiger partial charge in [0.2, 0.25) is 0 Å². The summed E-state index contributed by atoms with van der Waals surface area (Å²) in [4.78, 5) is 0. The highest BCUT2D eigenvalue weighted by Gasteiger charge is 2.27. The van der Waals surface area contributed by atoms with Gasteiger partial charge in [-0.2, -0.15) is 0 Å². The Bertz CT molecular complexity index is 301. The molecule has 21 heavy (non-hydrogen) atoms. The summed E-state index contributed by atoms with van der Waals surface area (Å²) >= 11 is 0. The number of hydrogen-bond acceptors (Lipinski definition) is 1. The maximum atomic E-state index is 8.73. The van der Waals surface area contributed by atoms with E-state index in [1.54, 1.807) is 11.1 Å². The van der Waals surface area contributed by atoms with E-state index in [9.17, 15) is 0 Å². The topological polar surface area (TPSA) is 20.2 Å². The zero-order valence-corrected chi connectivity index (χ0v) is 14.8. The van der Waals surface area contributed by atoms with Gasteiger partial charge in [-0.1, -0.05) is 69.9 Å². The summed E-state index contributed by atoms with van der Waals surface area (Å²) < 4.78 is 0. The van der Waals surface area contributed by atoms with Crippen molar-refractivity contribution in [2.75, 3.05) is 6.61 Å². The Hall–Kier alpha value is -0.300. The second kappa shape index (κ2) is 10.4. The molecule has 0 atom stereocenters. The molecule has 1 N–H and O–H groups in total. The lowest BCUT2D eigenvalue weighted by molar-refractivity contribution is 0.282. The van der Waals surface area contributed by atoms with E-state index in [0.29, 0.717) is 12.0 Å². The Balaban J connectivity index is 2.04. The van der Waals surface area contributed by atoms with E-state index < -0.39 is 0 Å². The van der Waals surface area contributed by atoms with Crippen molar-refractivity contribution >= 4 is 0 Å². The SMILES string of the molecule is CC1=C(CCCCCCCCCCCO)C(C)(C)CCC1. The van der Waals surface area contributed by atoms with Gasteiger partial charge < -0.3 is 5.11 Å². The lowest BCUT2D eigenvalue weighted by atomic mass is 9.71. The van der Waals surface area contributed by atoms with Crippen molar-refractivity contribution in [2.45, 2.75) is 104 Å². The molecule has 0 bridgehead atoms. The number of allylic oxidation sites excluding steroid dienone is 2. The average molecular weight is 295 g/mol. The fourth-order valence-electron chi connectivity index (χ4n) is 3.88. The van der Waals surface area contributed by atoms with Crippen LogP contribution in [0, 0.1) is 5.41 Å². The van der Waals surface area contributed by atoms with Gasteiger partial charge in [0.05, 0.1) is 0 Å². The minimum Gasteiger partial charge on any atom is -0.396 e. The van der Waals surface area contributed by atoms with E-state index in [2.05, 4.69) is 20.8 Å². The van der Waals surface area contributed by atoms with Crippen LogP contribution in [0.3, 0.4) is 0 Å². The van der Waals surface area contributed by atoms with Gasteiger partial charge in [0.1, 0.15) is 0 Å². The summed E-state index contributed by atoms with van der Waals surface area (Å²) in [5.74, 6) is 0. The normalized spacial score (nSPS) is 18.3. The van der Waals surface area contributed by atoms with Crippen LogP contribution in [0.4, 0.5) is 0 Å². The predicted molar refractivity (Wildman–Crippen MR) is 93.6 cm³/mol. The van der Waals surface area contributed by atoms with Crippen LogP contribution >= 0.6 is 0 Å². The Kier molecular flexibility index (Phi) is 9.31. The zero-order valence-electron chi connectivity index (χ0n) is 14.8. The first-order chi connectivity index (χ1) is 10.1. The molecule has 0 heterocycles. The Morgan fingerprint density at radius 1 is 0.857 bits per heavy atom. The van der Waals surface area contributed by atoms with E-state index in [1.165, 1.54) is 77.0 Å². The van der Waals surface area contributed by atoms with Crippen LogP contribution in [0.1, 0.15) is 104 Å². The molecule has 0 spiro atoms. The molecular formula is C20H38O. The molecule has 1 nitrogen and oxygen atoms in total. The third-order valence-corrected chi connectivity index (χ3v) is 5.27. The molecule has 0 unspecified atom stereocenters. The molecule has 124 valence electrons. The molecule has 0 aliphatic heterocycles. The molecule has 0 saturated heterocycles. The largest absolute Gasteiger partial charge is 0.396 e. The molecule has 1 aliphatic rings. The fourth-order valence-corrected chi connectivity index (χ4v) is 3.88. The van der Waals surface area contributed by atoms with Gasteiger partial charge in [-0.3, -0.25) is 0 Å². The van der Waals surface area contributed by atoms with Crippen molar-refractivity contribution < 1.29 is 5.11 Å². The molecule has 0 aromatic carbocycles. The third-order valence-electron chi connectivity index (χ3n) is 5.27. The monoisotopic (exact) mass is 294 g/mol. The third kappa shape index (κ3) is 7.49. The van der Waals surface area contributed by atoms with E-state index in [-0.39, 0.29) is 0 Å². The van der Waals surface area contributed by atoms with Crippen LogP contribution in [-0.2, 0) is 0 Å². The maximum Gasteiger partial charge on any atom is 0.0431 e. The summed E-state index contributed by atoms with van der Waals surface area (Å²) in [6, 6.07) is 0. The smallest absolute Gasteiger partial charge is 0.0431 e. The van der Waals surface area contributed by atoms with Crippen molar-refractivity contribution in [3.05, 3.63) is 11.1 Å². The van der Waals surface area contributed by atoms with Crippen LogP contribution in [-0.4, -0.2) is 11.7 Å². The number of aliphatic hydroxyl groups excluding tert-OH is 1. The molecule has 0 radical (unpaired) electrons. The fraction of sp³-hybridized carbons (Fsp3) is 0.900. The number of aliphatic hydroxyl groups is 1. The van der Waals surface area contributed by atoms with Gasteiger partial charge in [0.25, 0.3) is 0 Å². The molecule has 0 aromatic rings. The van der Waals surface area contributed by atoms with Crippen LogP contribution < -0.4 is 0 Å². The first kappa shape index (κ1) is 18.7. The molecular weight excluding hydrogens is 256 g/mol. The summed E-state index contributed by atoms with van der Waals surface area (Å²) in [5.41, 5.74) is 3.93. The van der Waals surface area contributed by atoms with E-state index in [0.717, 1.165) is 6.42 Å². The van der Waals surface area contributed by atoms with Crippen molar-refractivity contribution in [1.29, 1.82) is 0 Å². The number of rotatable bonds is 11. The second-order valence-electron chi connectivity index (χ2n) is 7.65. The molecule has 0 aromatic heterocycles. The highest BCUT2D eigenvalue weighted by atomic mass is 16.2. The maximum absolute atomic E-state index is 8.73.